The zero-order valence-electron chi connectivity index (χ0n) is 21.0. The summed E-state index contributed by atoms with van der Waals surface area (Å²) in [5.41, 5.74) is 7.73. The lowest BCUT2D eigenvalue weighted by Gasteiger charge is -2.29. The molecule has 2 aliphatic heterocycles. The molecule has 0 bridgehead atoms. The standard InChI is InChI=1S/C28H24ClN5O6/c1-16-22(39-15-24(35)32-16)10-9-20(31)26-25(27(36)40-13-18-6-4-5-17(11-18)12-30)21(33-28(37)34-26)14-38-23-8-3-2-7-19(23)29/h2-11,26H,1,13-15,31H2,(H,32,35)(H2,33,34,37)/b20-9-,22-10+. The normalized spacial score (nSPS) is 18.2. The first-order valence-corrected chi connectivity index (χ1v) is 12.3. The van der Waals surface area contributed by atoms with Crippen molar-refractivity contribution in [1.29, 1.82) is 5.26 Å². The highest BCUT2D eigenvalue weighted by atomic mass is 35.5. The number of esters is 1. The topological polar surface area (TPSA) is 165 Å². The number of hydrogen-bond donors (Lipinski definition) is 4. The predicted molar refractivity (Wildman–Crippen MR) is 144 cm³/mol. The van der Waals surface area contributed by atoms with Crippen LogP contribution in [-0.4, -0.2) is 37.2 Å². The highest BCUT2D eigenvalue weighted by molar-refractivity contribution is 6.32. The minimum absolute atomic E-state index is 0.00747. The summed E-state index contributed by atoms with van der Waals surface area (Å²) in [6.07, 6.45) is 2.88. The minimum Gasteiger partial charge on any atom is -0.486 e. The van der Waals surface area contributed by atoms with Gasteiger partial charge in [0.15, 0.2) is 6.61 Å². The van der Waals surface area contributed by atoms with Crippen molar-refractivity contribution < 1.29 is 28.6 Å². The van der Waals surface area contributed by atoms with Crippen LogP contribution in [0.5, 0.6) is 5.75 Å². The number of para-hydroxylation sites is 1. The Morgan fingerprint density at radius 1 is 1.20 bits per heavy atom. The Kier molecular flexibility index (Phi) is 8.73. The van der Waals surface area contributed by atoms with Gasteiger partial charge in [-0.3, -0.25) is 4.79 Å². The average molecular weight is 562 g/mol. The molecule has 0 aliphatic carbocycles. The lowest BCUT2D eigenvalue weighted by Crippen LogP contribution is -2.53. The van der Waals surface area contributed by atoms with E-state index in [0.717, 1.165) is 0 Å². The summed E-state index contributed by atoms with van der Waals surface area (Å²) in [7, 11) is 0. The average Bonchev–Trinajstić information content (AvgIpc) is 2.94. The van der Waals surface area contributed by atoms with E-state index >= 15 is 0 Å². The van der Waals surface area contributed by atoms with E-state index in [1.165, 1.54) is 12.2 Å². The van der Waals surface area contributed by atoms with Crippen LogP contribution in [0.25, 0.3) is 0 Å². The summed E-state index contributed by atoms with van der Waals surface area (Å²) in [6, 6.07) is 13.6. The Labute approximate surface area is 234 Å². The SMILES string of the molecule is C=C1NC(=O)CO/C1=C/C=C(\N)C1NC(=O)NC(COc2ccccc2Cl)=C1C(=O)OCc1cccc(C#N)c1. The summed E-state index contributed by atoms with van der Waals surface area (Å²) in [4.78, 5) is 37.5. The molecule has 2 heterocycles. The van der Waals surface area contributed by atoms with E-state index in [9.17, 15) is 14.4 Å². The number of urea groups is 1. The zero-order chi connectivity index (χ0) is 28.6. The van der Waals surface area contributed by atoms with Gasteiger partial charge in [-0.2, -0.15) is 5.26 Å². The molecular weight excluding hydrogens is 538 g/mol. The van der Waals surface area contributed by atoms with Crippen molar-refractivity contribution in [2.45, 2.75) is 12.6 Å². The van der Waals surface area contributed by atoms with Gasteiger partial charge < -0.3 is 35.9 Å². The Hall–Kier alpha value is -5.21. The summed E-state index contributed by atoms with van der Waals surface area (Å²) in [5, 5.41) is 17.2. The van der Waals surface area contributed by atoms with Crippen molar-refractivity contribution in [3.63, 3.8) is 0 Å². The number of nitriles is 1. The summed E-state index contributed by atoms with van der Waals surface area (Å²) in [5.74, 6) is -0.533. The molecule has 1 unspecified atom stereocenters. The Bertz CT molecular complexity index is 1510. The number of halogens is 1. The number of nitrogens with one attached hydrogen (secondary N) is 3. The summed E-state index contributed by atoms with van der Waals surface area (Å²) < 4.78 is 16.7. The molecule has 1 saturated heterocycles. The van der Waals surface area contributed by atoms with Crippen LogP contribution in [0.2, 0.25) is 5.02 Å². The van der Waals surface area contributed by atoms with Crippen LogP contribution in [0.4, 0.5) is 4.79 Å². The number of carbonyl (C=O) groups is 3. The van der Waals surface area contributed by atoms with Crippen LogP contribution in [0.15, 0.2) is 95.7 Å². The van der Waals surface area contributed by atoms with Gasteiger partial charge in [-0.05, 0) is 42.0 Å². The van der Waals surface area contributed by atoms with Gasteiger partial charge >= 0.3 is 12.0 Å². The maximum Gasteiger partial charge on any atom is 0.338 e. The van der Waals surface area contributed by atoms with Gasteiger partial charge in [0.05, 0.1) is 33.6 Å². The van der Waals surface area contributed by atoms with E-state index < -0.39 is 18.0 Å². The van der Waals surface area contributed by atoms with Crippen molar-refractivity contribution >= 4 is 29.5 Å². The van der Waals surface area contributed by atoms with Crippen molar-refractivity contribution in [3.8, 4) is 11.8 Å². The summed E-state index contributed by atoms with van der Waals surface area (Å²) in [6.45, 7) is 3.15. The molecular formula is C28H24ClN5O6. The first kappa shape index (κ1) is 27.8. The second-order valence-corrected chi connectivity index (χ2v) is 8.95. The van der Waals surface area contributed by atoms with Gasteiger partial charge in [0.25, 0.3) is 5.91 Å². The number of benzene rings is 2. The minimum atomic E-state index is -1.11. The molecule has 2 aromatic carbocycles. The maximum absolute atomic E-state index is 13.4. The molecule has 1 fully saturated rings. The number of ether oxygens (including phenoxy) is 3. The highest BCUT2D eigenvalue weighted by Crippen LogP contribution is 2.25. The number of morpholine rings is 1. The predicted octanol–water partition coefficient (Wildman–Crippen LogP) is 2.66. The third-order valence-electron chi connectivity index (χ3n) is 5.72. The Balaban J connectivity index is 1.65. The molecule has 0 spiro atoms. The molecule has 0 saturated carbocycles. The fraction of sp³-hybridized carbons (Fsp3) is 0.143. The maximum atomic E-state index is 13.4. The number of hydrogen-bond acceptors (Lipinski definition) is 8. The number of carbonyl (C=O) groups excluding carboxylic acids is 3. The third kappa shape index (κ3) is 6.80. The molecule has 0 aromatic heterocycles. The molecule has 4 rings (SSSR count). The molecule has 204 valence electrons. The molecule has 2 aromatic rings. The summed E-state index contributed by atoms with van der Waals surface area (Å²) >= 11 is 6.19. The molecule has 40 heavy (non-hydrogen) atoms. The largest absolute Gasteiger partial charge is 0.486 e. The third-order valence-corrected chi connectivity index (χ3v) is 6.03. The Morgan fingerprint density at radius 2 is 2.00 bits per heavy atom. The molecule has 11 nitrogen and oxygen atoms in total. The first-order chi connectivity index (χ1) is 19.2. The monoisotopic (exact) mass is 561 g/mol. The number of nitrogens with two attached hydrogens (primary N) is 1. The van der Waals surface area contributed by atoms with E-state index in [1.807, 2.05) is 6.07 Å². The van der Waals surface area contributed by atoms with Crippen molar-refractivity contribution in [3.05, 3.63) is 112 Å². The number of allylic oxidation sites excluding steroid dienone is 2. The van der Waals surface area contributed by atoms with Gasteiger partial charge in [0.1, 0.15) is 30.8 Å². The van der Waals surface area contributed by atoms with Crippen molar-refractivity contribution in [2.24, 2.45) is 5.73 Å². The fourth-order valence-electron chi connectivity index (χ4n) is 3.81. The van der Waals surface area contributed by atoms with E-state index in [2.05, 4.69) is 22.5 Å². The van der Waals surface area contributed by atoms with Crippen LogP contribution < -0.4 is 26.4 Å². The second-order valence-electron chi connectivity index (χ2n) is 8.54. The second kappa shape index (κ2) is 12.6. The molecule has 12 heteroatoms. The Morgan fingerprint density at radius 3 is 2.75 bits per heavy atom. The van der Waals surface area contributed by atoms with Crippen molar-refractivity contribution in [2.75, 3.05) is 13.2 Å². The van der Waals surface area contributed by atoms with Crippen LogP contribution in [0.1, 0.15) is 11.1 Å². The quantitative estimate of drug-likeness (QED) is 0.357. The molecule has 5 N–H and O–H groups in total. The highest BCUT2D eigenvalue weighted by Gasteiger charge is 2.34. The molecule has 1 atom stereocenters. The fourth-order valence-corrected chi connectivity index (χ4v) is 4.00. The van der Waals surface area contributed by atoms with Crippen LogP contribution in [0.3, 0.4) is 0 Å². The van der Waals surface area contributed by atoms with Gasteiger partial charge in [-0.25, -0.2) is 9.59 Å². The number of rotatable bonds is 8. The van der Waals surface area contributed by atoms with E-state index in [0.29, 0.717) is 21.9 Å². The van der Waals surface area contributed by atoms with Gasteiger partial charge in [0, 0.05) is 5.70 Å². The van der Waals surface area contributed by atoms with Gasteiger partial charge in [0.2, 0.25) is 0 Å². The lowest BCUT2D eigenvalue weighted by atomic mass is 9.99. The lowest BCUT2D eigenvalue weighted by molar-refractivity contribution is -0.140. The number of nitrogens with zero attached hydrogens (tertiary/aromatic N) is 1. The van der Waals surface area contributed by atoms with Crippen molar-refractivity contribution in [1.82, 2.24) is 16.0 Å². The van der Waals surface area contributed by atoms with E-state index in [-0.39, 0.29) is 54.2 Å². The van der Waals surface area contributed by atoms with Crippen LogP contribution in [-0.2, 0) is 25.7 Å². The smallest absolute Gasteiger partial charge is 0.338 e. The van der Waals surface area contributed by atoms with E-state index in [4.69, 9.17) is 36.8 Å². The van der Waals surface area contributed by atoms with Crippen LogP contribution >= 0.6 is 11.6 Å². The van der Waals surface area contributed by atoms with Gasteiger partial charge in [-0.1, -0.05) is 42.4 Å². The molecule has 3 amide bonds. The first-order valence-electron chi connectivity index (χ1n) is 11.9. The van der Waals surface area contributed by atoms with Crippen LogP contribution in [0, 0.1) is 11.3 Å². The van der Waals surface area contributed by atoms with Gasteiger partial charge in [-0.15, -0.1) is 0 Å². The van der Waals surface area contributed by atoms with E-state index in [1.54, 1.807) is 48.5 Å². The molecule has 2 aliphatic rings. The molecule has 0 radical (unpaired) electrons. The zero-order valence-corrected chi connectivity index (χ0v) is 21.8. The number of amides is 3.